The predicted molar refractivity (Wildman–Crippen MR) is 127 cm³/mol. The summed E-state index contributed by atoms with van der Waals surface area (Å²) in [6, 6.07) is 6.55. The van der Waals surface area contributed by atoms with Gasteiger partial charge in [-0.1, -0.05) is 19.9 Å². The van der Waals surface area contributed by atoms with Gasteiger partial charge in [0.05, 0.1) is 9.88 Å². The summed E-state index contributed by atoms with van der Waals surface area (Å²) < 4.78 is 38.9. The third-order valence-corrected chi connectivity index (χ3v) is 7.66. The fourth-order valence-corrected chi connectivity index (χ4v) is 5.86. The van der Waals surface area contributed by atoms with Crippen LogP contribution in [-0.4, -0.2) is 26.3 Å². The first kappa shape index (κ1) is 24.6. The summed E-state index contributed by atoms with van der Waals surface area (Å²) in [7, 11) is 0. The van der Waals surface area contributed by atoms with Gasteiger partial charge in [-0.05, 0) is 60.9 Å². The number of nitrogens with two attached hydrogens (primary N) is 1. The van der Waals surface area contributed by atoms with Gasteiger partial charge in [-0.15, -0.1) is 11.3 Å². The lowest BCUT2D eigenvalue weighted by atomic mass is 9.64. The molecular weight excluding hydrogens is 463 g/mol. The van der Waals surface area contributed by atoms with E-state index in [9.17, 15) is 18.3 Å². The van der Waals surface area contributed by atoms with Crippen molar-refractivity contribution in [2.45, 2.75) is 58.4 Å². The van der Waals surface area contributed by atoms with Crippen LogP contribution in [0.3, 0.4) is 0 Å². The molecule has 1 aliphatic carbocycles. The smallest absolute Gasteiger partial charge is 0.379 e. The van der Waals surface area contributed by atoms with Crippen molar-refractivity contribution in [3.63, 3.8) is 0 Å². The first-order valence-electron chi connectivity index (χ1n) is 11.1. The predicted octanol–water partition coefficient (Wildman–Crippen LogP) is 5.86. The monoisotopic (exact) mass is 491 g/mol. The summed E-state index contributed by atoms with van der Waals surface area (Å²) in [5.41, 5.74) is 7.17. The molecule has 3 atom stereocenters. The number of hydrogen-bond acceptors (Lipinski definition) is 7. The van der Waals surface area contributed by atoms with Gasteiger partial charge in [-0.3, -0.25) is 0 Å². The highest BCUT2D eigenvalue weighted by molar-refractivity contribution is 7.15. The number of aliphatic hydroxyl groups excluding tert-OH is 1. The van der Waals surface area contributed by atoms with Crippen LogP contribution in [-0.2, 0) is 6.18 Å². The Labute approximate surface area is 200 Å². The number of aliphatic hydroxyl groups is 1. The number of nitrogens with one attached hydrogen (secondary N) is 1. The van der Waals surface area contributed by atoms with Crippen LogP contribution in [0, 0.1) is 18.3 Å². The number of alkyl halides is 3. The van der Waals surface area contributed by atoms with Crippen molar-refractivity contribution < 1.29 is 18.3 Å². The van der Waals surface area contributed by atoms with Crippen LogP contribution in [0.25, 0.3) is 10.4 Å². The van der Waals surface area contributed by atoms with E-state index < -0.39 is 18.1 Å². The molecule has 3 unspecified atom stereocenters. The molecule has 6 nitrogen and oxygen atoms in total. The molecule has 2 heterocycles. The van der Waals surface area contributed by atoms with Crippen LogP contribution in [0.1, 0.15) is 55.3 Å². The van der Waals surface area contributed by atoms with Crippen molar-refractivity contribution in [3.8, 4) is 10.4 Å². The Balaban J connectivity index is 1.55. The summed E-state index contributed by atoms with van der Waals surface area (Å²) in [6.07, 6.45) is 0.239. The van der Waals surface area contributed by atoms with Crippen molar-refractivity contribution in [1.82, 2.24) is 15.0 Å². The normalized spacial score (nSPS) is 21.3. The van der Waals surface area contributed by atoms with E-state index in [1.807, 2.05) is 31.3 Å². The standard InChI is InChI=1S/C24H28F3N5OS/c1-13-8-15(10-16(9-13)31-22-29-7-6-19(32-22)24(25,26)27)18-12-30-21(34-18)14-4-5-17(20(28)33)23(2,3)11-14/h6-10,12,14,17,20,33H,4-5,11,28H2,1-3H3,(H,29,31,32). The summed E-state index contributed by atoms with van der Waals surface area (Å²) in [5, 5.41) is 13.9. The number of hydrogen-bond donors (Lipinski definition) is 3. The van der Waals surface area contributed by atoms with Gasteiger partial charge < -0.3 is 16.2 Å². The summed E-state index contributed by atoms with van der Waals surface area (Å²) in [5.74, 6) is 0.244. The van der Waals surface area contributed by atoms with E-state index in [0.29, 0.717) is 11.6 Å². The quantitative estimate of drug-likeness (QED) is 0.387. The average molecular weight is 492 g/mol. The van der Waals surface area contributed by atoms with Gasteiger partial charge in [0.2, 0.25) is 5.95 Å². The molecule has 0 spiro atoms. The second kappa shape index (κ2) is 9.24. The Morgan fingerprint density at radius 1 is 1.21 bits per heavy atom. The second-order valence-electron chi connectivity index (χ2n) is 9.60. The van der Waals surface area contributed by atoms with Gasteiger partial charge in [-0.2, -0.15) is 13.2 Å². The second-order valence-corrected chi connectivity index (χ2v) is 10.7. The molecule has 10 heteroatoms. The number of aromatic nitrogens is 3. The first-order valence-corrected chi connectivity index (χ1v) is 11.9. The maximum Gasteiger partial charge on any atom is 0.433 e. The van der Waals surface area contributed by atoms with Gasteiger partial charge in [-0.25, -0.2) is 15.0 Å². The van der Waals surface area contributed by atoms with Crippen molar-refractivity contribution in [1.29, 1.82) is 0 Å². The molecule has 1 saturated carbocycles. The molecule has 0 aliphatic heterocycles. The number of thiazole rings is 1. The van der Waals surface area contributed by atoms with Crippen LogP contribution >= 0.6 is 11.3 Å². The van der Waals surface area contributed by atoms with Gasteiger partial charge in [0.25, 0.3) is 0 Å². The summed E-state index contributed by atoms with van der Waals surface area (Å²) in [4.78, 5) is 13.2. The molecule has 1 fully saturated rings. The molecular formula is C24H28F3N5OS. The number of benzene rings is 1. The van der Waals surface area contributed by atoms with Crippen molar-refractivity contribution in [3.05, 3.63) is 52.9 Å². The number of aryl methyl sites for hydroxylation is 1. The van der Waals surface area contributed by atoms with Gasteiger partial charge in [0, 0.05) is 29.9 Å². The Kier molecular flexibility index (Phi) is 6.67. The number of rotatable bonds is 5. The van der Waals surface area contributed by atoms with E-state index in [1.54, 1.807) is 11.3 Å². The van der Waals surface area contributed by atoms with Crippen molar-refractivity contribution >= 4 is 23.0 Å². The van der Waals surface area contributed by atoms with E-state index in [4.69, 9.17) is 5.73 Å². The van der Waals surface area contributed by atoms with Crippen LogP contribution in [0.2, 0.25) is 0 Å². The third-order valence-electron chi connectivity index (χ3n) is 6.45. The Morgan fingerprint density at radius 3 is 2.65 bits per heavy atom. The number of anilines is 2. The van der Waals surface area contributed by atoms with Crippen LogP contribution < -0.4 is 11.1 Å². The van der Waals surface area contributed by atoms with Crippen LogP contribution in [0.15, 0.2) is 36.7 Å². The minimum absolute atomic E-state index is 0.0617. The van der Waals surface area contributed by atoms with Gasteiger partial charge in [0.15, 0.2) is 0 Å². The molecule has 1 aliphatic rings. The molecule has 3 aromatic rings. The minimum Gasteiger partial charge on any atom is -0.379 e. The average Bonchev–Trinajstić information content (AvgIpc) is 3.22. The molecule has 0 amide bonds. The molecule has 4 N–H and O–H groups in total. The molecule has 0 bridgehead atoms. The largest absolute Gasteiger partial charge is 0.433 e. The number of halogens is 3. The fourth-order valence-electron chi connectivity index (χ4n) is 4.82. The minimum atomic E-state index is -4.54. The first-order chi connectivity index (χ1) is 15.9. The molecule has 2 aromatic heterocycles. The highest BCUT2D eigenvalue weighted by atomic mass is 32.1. The van der Waals surface area contributed by atoms with E-state index in [0.717, 1.165) is 52.5 Å². The summed E-state index contributed by atoms with van der Waals surface area (Å²) in [6.45, 7) is 6.21. The fraction of sp³-hybridized carbons (Fsp3) is 0.458. The lowest BCUT2D eigenvalue weighted by Gasteiger charge is -2.43. The molecule has 182 valence electrons. The number of nitrogens with zero attached hydrogens (tertiary/aromatic N) is 3. The topological polar surface area (TPSA) is 97.0 Å². The highest BCUT2D eigenvalue weighted by Crippen LogP contribution is 2.49. The van der Waals surface area contributed by atoms with Crippen molar-refractivity contribution in [2.24, 2.45) is 17.1 Å². The molecule has 4 rings (SSSR count). The molecule has 0 saturated heterocycles. The van der Waals surface area contributed by atoms with Crippen molar-refractivity contribution in [2.75, 3.05) is 5.32 Å². The summed E-state index contributed by atoms with van der Waals surface area (Å²) >= 11 is 1.62. The van der Waals surface area contributed by atoms with E-state index >= 15 is 0 Å². The Hall–Kier alpha value is -2.56. The van der Waals surface area contributed by atoms with Gasteiger partial charge in [0.1, 0.15) is 11.9 Å². The van der Waals surface area contributed by atoms with Crippen LogP contribution in [0.4, 0.5) is 24.8 Å². The highest BCUT2D eigenvalue weighted by Gasteiger charge is 2.40. The Bertz CT molecular complexity index is 1160. The van der Waals surface area contributed by atoms with E-state index in [1.165, 1.54) is 0 Å². The van der Waals surface area contributed by atoms with E-state index in [2.05, 4.69) is 34.1 Å². The zero-order valence-corrected chi connectivity index (χ0v) is 20.0. The molecule has 1 aromatic carbocycles. The van der Waals surface area contributed by atoms with E-state index in [-0.39, 0.29) is 17.3 Å². The maximum absolute atomic E-state index is 13.0. The Morgan fingerprint density at radius 2 is 1.97 bits per heavy atom. The lowest BCUT2D eigenvalue weighted by molar-refractivity contribution is -0.141. The van der Waals surface area contributed by atoms with Crippen LogP contribution in [0.5, 0.6) is 0 Å². The molecule has 0 radical (unpaired) electrons. The maximum atomic E-state index is 13.0. The zero-order chi connectivity index (χ0) is 24.7. The SMILES string of the molecule is Cc1cc(Nc2nccc(C(F)(F)F)n2)cc(-c2cnc(C3CCC(C(N)O)C(C)(C)C3)s2)c1. The third kappa shape index (κ3) is 5.39. The van der Waals surface area contributed by atoms with Gasteiger partial charge >= 0.3 is 6.18 Å². The lowest BCUT2D eigenvalue weighted by Crippen LogP contribution is -2.43. The molecule has 34 heavy (non-hydrogen) atoms. The zero-order valence-electron chi connectivity index (χ0n) is 19.2.